The lowest BCUT2D eigenvalue weighted by Gasteiger charge is -2.38. The SMILES string of the molecule is CCC1=CC=CC1[Si](OC)(OC)C1C=CC=C1CC. The summed E-state index contributed by atoms with van der Waals surface area (Å²) >= 11 is 0. The van der Waals surface area contributed by atoms with Crippen LogP contribution in [0.15, 0.2) is 47.6 Å². The lowest BCUT2D eigenvalue weighted by molar-refractivity contribution is 0.233. The number of allylic oxidation sites excluding steroid dienone is 8. The van der Waals surface area contributed by atoms with Gasteiger partial charge in [0.2, 0.25) is 0 Å². The molecule has 2 aliphatic rings. The predicted octanol–water partition coefficient (Wildman–Crippen LogP) is 4.27. The van der Waals surface area contributed by atoms with E-state index in [1.807, 2.05) is 14.2 Å². The minimum Gasteiger partial charge on any atom is -0.397 e. The lowest BCUT2D eigenvalue weighted by Crippen LogP contribution is -2.49. The Morgan fingerprint density at radius 2 is 1.32 bits per heavy atom. The van der Waals surface area contributed by atoms with E-state index < -0.39 is 8.56 Å². The molecule has 0 spiro atoms. The summed E-state index contributed by atoms with van der Waals surface area (Å²) in [5, 5.41) is 0. The smallest absolute Gasteiger partial charge is 0.360 e. The zero-order chi connectivity index (χ0) is 13.9. The first-order chi connectivity index (χ1) is 9.23. The topological polar surface area (TPSA) is 18.5 Å². The molecule has 0 aromatic rings. The lowest BCUT2D eigenvalue weighted by atomic mass is 10.2. The Morgan fingerprint density at radius 1 is 0.895 bits per heavy atom. The molecular formula is C16H24O2Si. The van der Waals surface area contributed by atoms with E-state index in [1.165, 1.54) is 11.1 Å². The first-order valence-electron chi connectivity index (χ1n) is 7.08. The van der Waals surface area contributed by atoms with E-state index in [0.717, 1.165) is 12.8 Å². The Bertz CT molecular complexity index is 404. The maximum atomic E-state index is 6.05. The molecule has 0 saturated heterocycles. The molecule has 0 aromatic heterocycles. The summed E-state index contributed by atoms with van der Waals surface area (Å²) in [7, 11) is 1.27. The quantitative estimate of drug-likeness (QED) is 0.674. The van der Waals surface area contributed by atoms with Crippen molar-refractivity contribution in [1.82, 2.24) is 0 Å². The number of hydrogen-bond acceptors (Lipinski definition) is 2. The zero-order valence-electron chi connectivity index (χ0n) is 12.3. The second-order valence-corrected chi connectivity index (χ2v) is 8.55. The molecule has 0 saturated carbocycles. The minimum absolute atomic E-state index is 0.329. The second kappa shape index (κ2) is 6.03. The standard InChI is InChI=1S/C16H24O2Si/c1-5-13-9-7-11-15(13)19(17-3,18-4)16-12-8-10-14(16)6-2/h7-12,15-16H,5-6H2,1-4H3. The van der Waals surface area contributed by atoms with Crippen LogP contribution in [-0.2, 0) is 8.85 Å². The van der Waals surface area contributed by atoms with Gasteiger partial charge in [0.25, 0.3) is 0 Å². The van der Waals surface area contributed by atoms with Crippen molar-refractivity contribution < 1.29 is 8.85 Å². The van der Waals surface area contributed by atoms with Crippen molar-refractivity contribution in [2.75, 3.05) is 14.2 Å². The summed E-state index contributed by atoms with van der Waals surface area (Å²) < 4.78 is 12.1. The van der Waals surface area contributed by atoms with Gasteiger partial charge in [0, 0.05) is 25.3 Å². The van der Waals surface area contributed by atoms with E-state index in [0.29, 0.717) is 11.1 Å². The van der Waals surface area contributed by atoms with Crippen molar-refractivity contribution in [2.24, 2.45) is 0 Å². The average Bonchev–Trinajstić information content (AvgIpc) is 3.10. The monoisotopic (exact) mass is 276 g/mol. The number of hydrogen-bond donors (Lipinski definition) is 0. The third kappa shape index (κ3) is 2.31. The number of rotatable bonds is 6. The van der Waals surface area contributed by atoms with Crippen LogP contribution in [0.2, 0.25) is 11.1 Å². The summed E-state index contributed by atoms with van der Waals surface area (Å²) in [5.41, 5.74) is 3.53. The Labute approximate surface area is 117 Å². The van der Waals surface area contributed by atoms with Gasteiger partial charge in [-0.25, -0.2) is 0 Å². The zero-order valence-corrected chi connectivity index (χ0v) is 13.3. The molecule has 2 nitrogen and oxygen atoms in total. The Hall–Kier alpha value is -0.903. The molecular weight excluding hydrogens is 252 g/mol. The molecule has 2 unspecified atom stereocenters. The molecule has 0 aromatic carbocycles. The molecule has 3 heteroatoms. The Kier molecular flexibility index (Phi) is 4.61. The van der Waals surface area contributed by atoms with Gasteiger partial charge in [0.1, 0.15) is 0 Å². The van der Waals surface area contributed by atoms with Crippen LogP contribution in [0.3, 0.4) is 0 Å². The molecule has 104 valence electrons. The Balaban J connectivity index is 2.38. The maximum Gasteiger partial charge on any atom is 0.360 e. The summed E-state index contributed by atoms with van der Waals surface area (Å²) in [5.74, 6) is 0. The molecule has 19 heavy (non-hydrogen) atoms. The van der Waals surface area contributed by atoms with Gasteiger partial charge in [-0.2, -0.15) is 0 Å². The van der Waals surface area contributed by atoms with E-state index >= 15 is 0 Å². The molecule has 0 aliphatic heterocycles. The minimum atomic E-state index is -2.36. The van der Waals surface area contributed by atoms with E-state index in [9.17, 15) is 0 Å². The highest BCUT2D eigenvalue weighted by Crippen LogP contribution is 2.48. The highest BCUT2D eigenvalue weighted by molar-refractivity contribution is 6.73. The average molecular weight is 276 g/mol. The van der Waals surface area contributed by atoms with E-state index in [1.54, 1.807) is 0 Å². The van der Waals surface area contributed by atoms with Gasteiger partial charge < -0.3 is 8.85 Å². The highest BCUT2D eigenvalue weighted by atomic mass is 28.4. The van der Waals surface area contributed by atoms with Crippen molar-refractivity contribution in [2.45, 2.75) is 37.8 Å². The van der Waals surface area contributed by atoms with Crippen molar-refractivity contribution in [3.8, 4) is 0 Å². The fraction of sp³-hybridized carbons (Fsp3) is 0.500. The van der Waals surface area contributed by atoms with Crippen LogP contribution in [-0.4, -0.2) is 22.8 Å². The van der Waals surface area contributed by atoms with Gasteiger partial charge in [0.15, 0.2) is 0 Å². The normalized spacial score (nSPS) is 25.9. The van der Waals surface area contributed by atoms with Crippen LogP contribution in [0, 0.1) is 0 Å². The van der Waals surface area contributed by atoms with Crippen molar-refractivity contribution in [3.05, 3.63) is 47.6 Å². The summed E-state index contributed by atoms with van der Waals surface area (Å²) in [4.78, 5) is 0. The van der Waals surface area contributed by atoms with E-state index in [-0.39, 0.29) is 0 Å². The van der Waals surface area contributed by atoms with Crippen LogP contribution < -0.4 is 0 Å². The first-order valence-corrected chi connectivity index (χ1v) is 9.05. The van der Waals surface area contributed by atoms with Crippen molar-refractivity contribution >= 4 is 8.56 Å². The van der Waals surface area contributed by atoms with Gasteiger partial charge in [-0.05, 0) is 12.8 Å². The fourth-order valence-corrected chi connectivity index (χ4v) is 7.24. The van der Waals surface area contributed by atoms with E-state index in [4.69, 9.17) is 8.85 Å². The predicted molar refractivity (Wildman–Crippen MR) is 82.3 cm³/mol. The van der Waals surface area contributed by atoms with Gasteiger partial charge >= 0.3 is 8.56 Å². The summed E-state index contributed by atoms with van der Waals surface area (Å²) in [6.07, 6.45) is 15.4. The van der Waals surface area contributed by atoms with Gasteiger partial charge in [-0.3, -0.25) is 0 Å². The van der Waals surface area contributed by atoms with Crippen LogP contribution in [0.4, 0.5) is 0 Å². The van der Waals surface area contributed by atoms with Gasteiger partial charge in [-0.15, -0.1) is 0 Å². The van der Waals surface area contributed by atoms with Gasteiger partial charge in [0.05, 0.1) is 0 Å². The van der Waals surface area contributed by atoms with Crippen LogP contribution in [0.1, 0.15) is 26.7 Å². The van der Waals surface area contributed by atoms with Gasteiger partial charge in [-0.1, -0.05) is 61.4 Å². The molecule has 2 aliphatic carbocycles. The molecule has 0 amide bonds. The maximum absolute atomic E-state index is 6.05. The van der Waals surface area contributed by atoms with Crippen molar-refractivity contribution in [1.29, 1.82) is 0 Å². The molecule has 0 heterocycles. The largest absolute Gasteiger partial charge is 0.397 e. The van der Waals surface area contributed by atoms with Crippen LogP contribution >= 0.6 is 0 Å². The van der Waals surface area contributed by atoms with Crippen LogP contribution in [0.25, 0.3) is 0 Å². The molecule has 0 N–H and O–H groups in total. The van der Waals surface area contributed by atoms with E-state index in [2.05, 4.69) is 50.3 Å². The third-order valence-corrected chi connectivity index (χ3v) is 8.48. The van der Waals surface area contributed by atoms with Crippen molar-refractivity contribution in [3.63, 3.8) is 0 Å². The summed E-state index contributed by atoms with van der Waals surface area (Å²) in [6.45, 7) is 4.41. The van der Waals surface area contributed by atoms with Crippen LogP contribution in [0.5, 0.6) is 0 Å². The third-order valence-electron chi connectivity index (χ3n) is 4.35. The fourth-order valence-electron chi connectivity index (χ4n) is 3.28. The summed E-state index contributed by atoms with van der Waals surface area (Å²) in [6, 6.07) is 0. The highest BCUT2D eigenvalue weighted by Gasteiger charge is 2.52. The molecule has 2 rings (SSSR count). The Morgan fingerprint density at radius 3 is 1.63 bits per heavy atom. The molecule has 0 radical (unpaired) electrons. The molecule has 0 fully saturated rings. The molecule has 0 bridgehead atoms. The molecule has 2 atom stereocenters. The first kappa shape index (κ1) is 14.5. The second-order valence-electron chi connectivity index (χ2n) is 5.05.